The Bertz CT molecular complexity index is 577. The second kappa shape index (κ2) is 7.53. The summed E-state index contributed by atoms with van der Waals surface area (Å²) in [4.78, 5) is 16.6. The summed E-state index contributed by atoms with van der Waals surface area (Å²) in [5.41, 5.74) is 1.55. The molecule has 3 rings (SSSR count). The molecule has 2 heterocycles. The van der Waals surface area contributed by atoms with E-state index in [0.29, 0.717) is 0 Å². The number of hydrogen-bond acceptors (Lipinski definition) is 4. The van der Waals surface area contributed by atoms with Crippen LogP contribution < -0.4 is 4.74 Å². The van der Waals surface area contributed by atoms with E-state index in [-0.39, 0.29) is 17.9 Å². The first kappa shape index (κ1) is 17.2. The lowest BCUT2D eigenvalue weighted by Gasteiger charge is -2.40. The van der Waals surface area contributed by atoms with E-state index in [1.54, 1.807) is 14.2 Å². The third-order valence-corrected chi connectivity index (χ3v) is 5.34. The zero-order valence-electron chi connectivity index (χ0n) is 14.8. The molecule has 2 aliphatic heterocycles. The van der Waals surface area contributed by atoms with Crippen molar-refractivity contribution in [1.29, 1.82) is 0 Å². The van der Waals surface area contributed by atoms with Crippen molar-refractivity contribution >= 4 is 5.91 Å². The molecule has 0 bridgehead atoms. The fourth-order valence-electron chi connectivity index (χ4n) is 4.17. The Kier molecular flexibility index (Phi) is 5.41. The van der Waals surface area contributed by atoms with Crippen molar-refractivity contribution in [3.05, 3.63) is 29.8 Å². The number of nitrogens with zero attached hydrogens (tertiary/aromatic N) is 2. The van der Waals surface area contributed by atoms with E-state index in [4.69, 9.17) is 9.47 Å². The summed E-state index contributed by atoms with van der Waals surface area (Å²) >= 11 is 0. The van der Waals surface area contributed by atoms with Crippen LogP contribution in [0.1, 0.15) is 24.8 Å². The van der Waals surface area contributed by atoms with Crippen LogP contribution in [0.2, 0.25) is 0 Å². The Morgan fingerprint density at radius 1 is 1.21 bits per heavy atom. The number of amides is 1. The normalized spacial score (nSPS) is 24.5. The molecular formula is C19H28N2O3. The van der Waals surface area contributed by atoms with Crippen LogP contribution in [0.4, 0.5) is 0 Å². The Labute approximate surface area is 144 Å². The van der Waals surface area contributed by atoms with Gasteiger partial charge in [0, 0.05) is 38.7 Å². The highest BCUT2D eigenvalue weighted by Crippen LogP contribution is 2.39. The molecule has 1 aromatic rings. The van der Waals surface area contributed by atoms with Gasteiger partial charge in [-0.3, -0.25) is 9.69 Å². The van der Waals surface area contributed by atoms with Gasteiger partial charge in [-0.05, 0) is 43.5 Å². The first-order chi connectivity index (χ1) is 11.6. The van der Waals surface area contributed by atoms with Gasteiger partial charge in [0.25, 0.3) is 0 Å². The molecule has 1 spiro atoms. The highest BCUT2D eigenvalue weighted by atomic mass is 16.5. The summed E-state index contributed by atoms with van der Waals surface area (Å²) in [6, 6.07) is 8.31. The number of hydrogen-bond donors (Lipinski definition) is 0. The number of rotatable bonds is 5. The van der Waals surface area contributed by atoms with Crippen LogP contribution in [-0.4, -0.2) is 62.7 Å². The summed E-state index contributed by atoms with van der Waals surface area (Å²) in [7, 11) is 3.29. The van der Waals surface area contributed by atoms with Crippen LogP contribution in [0.15, 0.2) is 24.3 Å². The van der Waals surface area contributed by atoms with Crippen molar-refractivity contribution in [2.24, 2.45) is 5.41 Å². The lowest BCUT2D eigenvalue weighted by molar-refractivity contribution is -0.134. The summed E-state index contributed by atoms with van der Waals surface area (Å²) in [6.45, 7) is 5.10. The molecule has 2 aliphatic rings. The molecule has 0 aromatic heterocycles. The first-order valence-corrected chi connectivity index (χ1v) is 8.76. The number of carbonyl (C=O) groups is 1. The van der Waals surface area contributed by atoms with Crippen LogP contribution >= 0.6 is 0 Å². The van der Waals surface area contributed by atoms with Gasteiger partial charge >= 0.3 is 0 Å². The van der Waals surface area contributed by atoms with Crippen molar-refractivity contribution in [2.75, 3.05) is 47.0 Å². The van der Waals surface area contributed by atoms with E-state index < -0.39 is 0 Å². The third kappa shape index (κ3) is 3.90. The van der Waals surface area contributed by atoms with E-state index >= 15 is 0 Å². The number of likely N-dealkylation sites (tertiary alicyclic amines) is 2. The molecule has 0 radical (unpaired) electrons. The number of piperidine rings is 1. The van der Waals surface area contributed by atoms with Crippen molar-refractivity contribution in [3.8, 4) is 5.75 Å². The van der Waals surface area contributed by atoms with Gasteiger partial charge in [0.2, 0.25) is 5.91 Å². The molecule has 2 saturated heterocycles. The molecule has 1 atom stereocenters. The fourth-order valence-corrected chi connectivity index (χ4v) is 4.17. The van der Waals surface area contributed by atoms with Gasteiger partial charge < -0.3 is 14.4 Å². The van der Waals surface area contributed by atoms with E-state index in [1.165, 1.54) is 18.4 Å². The fraction of sp³-hybridized carbons (Fsp3) is 0.632. The third-order valence-electron chi connectivity index (χ3n) is 5.34. The number of benzene rings is 1. The Hall–Kier alpha value is -1.59. The Morgan fingerprint density at radius 3 is 2.88 bits per heavy atom. The molecule has 0 N–H and O–H groups in total. The van der Waals surface area contributed by atoms with Gasteiger partial charge in [0.05, 0.1) is 7.11 Å². The molecule has 5 heteroatoms. The molecule has 0 saturated carbocycles. The van der Waals surface area contributed by atoms with Gasteiger partial charge in [-0.15, -0.1) is 0 Å². The molecular weight excluding hydrogens is 304 g/mol. The summed E-state index contributed by atoms with van der Waals surface area (Å²) in [6.07, 6.45) is 3.53. The second-order valence-corrected chi connectivity index (χ2v) is 7.16. The molecule has 0 aliphatic carbocycles. The average Bonchev–Trinajstić information content (AvgIpc) is 2.99. The number of methoxy groups -OCH3 is 2. The summed E-state index contributed by atoms with van der Waals surface area (Å²) in [5, 5.41) is 0. The Balaban J connectivity index is 1.61. The van der Waals surface area contributed by atoms with Crippen LogP contribution in [-0.2, 0) is 16.1 Å². The quantitative estimate of drug-likeness (QED) is 0.829. The molecule has 1 amide bonds. The maximum Gasteiger partial charge on any atom is 0.248 e. The molecule has 24 heavy (non-hydrogen) atoms. The van der Waals surface area contributed by atoms with Crippen LogP contribution in [0.25, 0.3) is 0 Å². The minimum Gasteiger partial charge on any atom is -0.497 e. The Morgan fingerprint density at radius 2 is 2.08 bits per heavy atom. The minimum absolute atomic E-state index is 0.124. The van der Waals surface area contributed by atoms with Gasteiger partial charge in [-0.25, -0.2) is 0 Å². The molecule has 1 unspecified atom stereocenters. The maximum atomic E-state index is 12.1. The zero-order valence-corrected chi connectivity index (χ0v) is 14.8. The van der Waals surface area contributed by atoms with Crippen LogP contribution in [0, 0.1) is 5.41 Å². The SMILES string of the molecule is COCC(=O)N1CCC2(CCCN(Cc3cccc(OC)c3)C2)C1. The van der Waals surface area contributed by atoms with Gasteiger partial charge in [0.15, 0.2) is 0 Å². The van der Waals surface area contributed by atoms with Crippen molar-refractivity contribution in [3.63, 3.8) is 0 Å². The summed E-state index contributed by atoms with van der Waals surface area (Å²) in [5.74, 6) is 1.04. The average molecular weight is 332 g/mol. The minimum atomic E-state index is 0.124. The van der Waals surface area contributed by atoms with Gasteiger partial charge in [-0.2, -0.15) is 0 Å². The lowest BCUT2D eigenvalue weighted by Crippen LogP contribution is -2.45. The molecule has 2 fully saturated rings. The highest BCUT2D eigenvalue weighted by Gasteiger charge is 2.42. The monoisotopic (exact) mass is 332 g/mol. The zero-order chi connectivity index (χ0) is 17.0. The topological polar surface area (TPSA) is 42.0 Å². The maximum absolute atomic E-state index is 12.1. The smallest absolute Gasteiger partial charge is 0.248 e. The van der Waals surface area contributed by atoms with E-state index in [0.717, 1.165) is 44.9 Å². The number of ether oxygens (including phenoxy) is 2. The van der Waals surface area contributed by atoms with Crippen molar-refractivity contribution < 1.29 is 14.3 Å². The van der Waals surface area contributed by atoms with Crippen molar-refractivity contribution in [2.45, 2.75) is 25.8 Å². The van der Waals surface area contributed by atoms with Gasteiger partial charge in [-0.1, -0.05) is 12.1 Å². The number of carbonyl (C=O) groups excluding carboxylic acids is 1. The van der Waals surface area contributed by atoms with E-state index in [1.807, 2.05) is 11.0 Å². The molecule has 5 nitrogen and oxygen atoms in total. The first-order valence-electron chi connectivity index (χ1n) is 8.76. The largest absolute Gasteiger partial charge is 0.497 e. The standard InChI is InChI=1S/C19H28N2O3/c1-23-13-18(22)21-10-8-19(15-21)7-4-9-20(14-19)12-16-5-3-6-17(11-16)24-2/h3,5-6,11H,4,7-10,12-15H2,1-2H3. The van der Waals surface area contributed by atoms with Crippen LogP contribution in [0.5, 0.6) is 5.75 Å². The molecule has 132 valence electrons. The van der Waals surface area contributed by atoms with Crippen molar-refractivity contribution in [1.82, 2.24) is 9.80 Å². The van der Waals surface area contributed by atoms with E-state index in [9.17, 15) is 4.79 Å². The van der Waals surface area contributed by atoms with Gasteiger partial charge in [0.1, 0.15) is 12.4 Å². The van der Waals surface area contributed by atoms with Crippen LogP contribution in [0.3, 0.4) is 0 Å². The highest BCUT2D eigenvalue weighted by molar-refractivity contribution is 5.77. The lowest BCUT2D eigenvalue weighted by atomic mass is 9.79. The molecule has 1 aromatic carbocycles. The predicted octanol–water partition coefficient (Wildman–Crippen LogP) is 2.16. The summed E-state index contributed by atoms with van der Waals surface area (Å²) < 4.78 is 10.3. The predicted molar refractivity (Wildman–Crippen MR) is 93.0 cm³/mol. The second-order valence-electron chi connectivity index (χ2n) is 7.16. The van der Waals surface area contributed by atoms with E-state index in [2.05, 4.69) is 23.1 Å².